The average molecular weight is 413 g/mol. The third kappa shape index (κ3) is 5.08. The van der Waals surface area contributed by atoms with E-state index in [1.54, 1.807) is 17.5 Å². The first-order valence-electron chi connectivity index (χ1n) is 9.38. The Kier molecular flexibility index (Phi) is 6.43. The lowest BCUT2D eigenvalue weighted by Crippen LogP contribution is -2.50. The first-order valence-corrected chi connectivity index (χ1v) is 10.2. The van der Waals surface area contributed by atoms with E-state index in [0.717, 1.165) is 23.5 Å². The Labute approximate surface area is 173 Å². The van der Waals surface area contributed by atoms with Crippen LogP contribution in [0, 0.1) is 0 Å². The zero-order chi connectivity index (χ0) is 20.9. The molecule has 8 heteroatoms. The number of nitrogens with zero attached hydrogens (tertiary/aromatic N) is 3. The molecule has 0 fully saturated rings. The van der Waals surface area contributed by atoms with Crippen molar-refractivity contribution < 1.29 is 14.0 Å². The fraction of sp³-hybridized carbons (Fsp3) is 0.333. The van der Waals surface area contributed by atoms with Crippen LogP contribution in [0.25, 0.3) is 0 Å². The van der Waals surface area contributed by atoms with Gasteiger partial charge in [0.05, 0.1) is 6.26 Å². The number of nitrogens with one attached hydrogen (secondary N) is 1. The third-order valence-corrected chi connectivity index (χ3v) is 5.26. The van der Waals surface area contributed by atoms with Crippen molar-refractivity contribution >= 4 is 23.3 Å². The summed E-state index contributed by atoms with van der Waals surface area (Å²) in [6, 6.07) is 12.0. The number of hydrogen-bond acceptors (Lipinski definition) is 6. The standard InChI is InChI=1S/C21H24N4O3S/c1-4-21(2,3)22-19(26)18(17-11-8-12-28-17)25(13-15-9-6-5-7-10-15)20(27)16-14-29-24-23-16/h5-12,14,18H,4,13H2,1-3H3,(H,22,26). The molecule has 2 aromatic heterocycles. The molecule has 7 nitrogen and oxygen atoms in total. The number of furan rings is 1. The lowest BCUT2D eigenvalue weighted by atomic mass is 10.0. The molecule has 2 heterocycles. The van der Waals surface area contributed by atoms with Crippen LogP contribution in [-0.4, -0.2) is 31.8 Å². The molecule has 1 N–H and O–H groups in total. The average Bonchev–Trinajstić information content (AvgIpc) is 3.42. The summed E-state index contributed by atoms with van der Waals surface area (Å²) in [6.45, 7) is 6.11. The topological polar surface area (TPSA) is 88.3 Å². The van der Waals surface area contributed by atoms with Gasteiger partial charge in [-0.3, -0.25) is 9.59 Å². The van der Waals surface area contributed by atoms with Gasteiger partial charge in [-0.1, -0.05) is 41.7 Å². The van der Waals surface area contributed by atoms with Crippen LogP contribution in [0.1, 0.15) is 55.0 Å². The van der Waals surface area contributed by atoms with Crippen LogP contribution in [0.3, 0.4) is 0 Å². The smallest absolute Gasteiger partial charge is 0.276 e. The normalized spacial score (nSPS) is 12.4. The summed E-state index contributed by atoms with van der Waals surface area (Å²) in [5.41, 5.74) is 0.666. The van der Waals surface area contributed by atoms with Crippen molar-refractivity contribution in [3.63, 3.8) is 0 Å². The lowest BCUT2D eigenvalue weighted by molar-refractivity contribution is -0.128. The van der Waals surface area contributed by atoms with E-state index in [0.29, 0.717) is 5.76 Å². The SMILES string of the molecule is CCC(C)(C)NC(=O)C(c1ccco1)N(Cc1ccccc1)C(=O)c1csnn1. The molecule has 1 unspecified atom stereocenters. The van der Waals surface area contributed by atoms with Gasteiger partial charge >= 0.3 is 0 Å². The number of carbonyl (C=O) groups excluding carboxylic acids is 2. The highest BCUT2D eigenvalue weighted by molar-refractivity contribution is 7.03. The molecule has 0 radical (unpaired) electrons. The van der Waals surface area contributed by atoms with Crippen molar-refractivity contribution in [2.24, 2.45) is 0 Å². The summed E-state index contributed by atoms with van der Waals surface area (Å²) in [6.07, 6.45) is 2.24. The van der Waals surface area contributed by atoms with Crippen LogP contribution in [-0.2, 0) is 11.3 Å². The second-order valence-electron chi connectivity index (χ2n) is 7.35. The van der Waals surface area contributed by atoms with E-state index in [2.05, 4.69) is 14.9 Å². The maximum atomic E-state index is 13.3. The molecule has 3 rings (SSSR count). The highest BCUT2D eigenvalue weighted by atomic mass is 32.1. The van der Waals surface area contributed by atoms with E-state index in [4.69, 9.17) is 4.42 Å². The molecule has 3 aromatic rings. The molecule has 0 saturated heterocycles. The van der Waals surface area contributed by atoms with E-state index in [1.807, 2.05) is 51.1 Å². The molecule has 0 bridgehead atoms. The Hall–Kier alpha value is -3.00. The summed E-state index contributed by atoms with van der Waals surface area (Å²) < 4.78 is 9.36. The molecule has 152 valence electrons. The highest BCUT2D eigenvalue weighted by Gasteiger charge is 2.36. The molecule has 0 aliphatic rings. The van der Waals surface area contributed by atoms with Gasteiger partial charge in [-0.25, -0.2) is 0 Å². The van der Waals surface area contributed by atoms with Crippen LogP contribution in [0.15, 0.2) is 58.5 Å². The maximum absolute atomic E-state index is 13.3. The van der Waals surface area contributed by atoms with Crippen molar-refractivity contribution in [1.29, 1.82) is 0 Å². The van der Waals surface area contributed by atoms with E-state index in [9.17, 15) is 9.59 Å². The molecule has 0 spiro atoms. The Morgan fingerprint density at radius 1 is 1.21 bits per heavy atom. The predicted molar refractivity (Wildman–Crippen MR) is 110 cm³/mol. The maximum Gasteiger partial charge on any atom is 0.276 e. The fourth-order valence-electron chi connectivity index (χ4n) is 2.83. The summed E-state index contributed by atoms with van der Waals surface area (Å²) in [4.78, 5) is 28.1. The first kappa shape index (κ1) is 20.7. The van der Waals surface area contributed by atoms with Gasteiger partial charge in [-0.2, -0.15) is 0 Å². The predicted octanol–water partition coefficient (Wildman–Crippen LogP) is 3.82. The van der Waals surface area contributed by atoms with Crippen LogP contribution >= 0.6 is 11.5 Å². The Bertz CT molecular complexity index is 924. The minimum absolute atomic E-state index is 0.199. The van der Waals surface area contributed by atoms with E-state index in [1.165, 1.54) is 11.2 Å². The molecular weight excluding hydrogens is 388 g/mol. The summed E-state index contributed by atoms with van der Waals surface area (Å²) >= 11 is 1.09. The highest BCUT2D eigenvalue weighted by Crippen LogP contribution is 2.27. The van der Waals surface area contributed by atoms with Crippen LogP contribution in [0.5, 0.6) is 0 Å². The third-order valence-electron chi connectivity index (χ3n) is 4.75. The van der Waals surface area contributed by atoms with Gasteiger partial charge in [0.1, 0.15) is 5.76 Å². The van der Waals surface area contributed by atoms with Crippen LogP contribution < -0.4 is 5.32 Å². The monoisotopic (exact) mass is 412 g/mol. The van der Waals surface area contributed by atoms with Gasteiger partial charge in [0.15, 0.2) is 11.7 Å². The molecule has 1 atom stereocenters. The Morgan fingerprint density at radius 2 is 1.97 bits per heavy atom. The number of aromatic nitrogens is 2. The zero-order valence-electron chi connectivity index (χ0n) is 16.7. The lowest BCUT2D eigenvalue weighted by Gasteiger charge is -2.33. The van der Waals surface area contributed by atoms with Crippen molar-refractivity contribution in [3.05, 3.63) is 71.1 Å². The summed E-state index contributed by atoms with van der Waals surface area (Å²) in [5.74, 6) is -0.297. The van der Waals surface area contributed by atoms with Gasteiger partial charge in [0.2, 0.25) is 0 Å². The number of rotatable bonds is 8. The second kappa shape index (κ2) is 9.00. The number of amides is 2. The molecule has 2 amide bonds. The molecular formula is C21H24N4O3S. The van der Waals surface area contributed by atoms with Gasteiger partial charge in [0.25, 0.3) is 11.8 Å². The minimum atomic E-state index is -0.940. The molecule has 0 saturated carbocycles. The van der Waals surface area contributed by atoms with Gasteiger partial charge in [-0.05, 0) is 49.5 Å². The second-order valence-corrected chi connectivity index (χ2v) is 7.96. The van der Waals surface area contributed by atoms with Crippen molar-refractivity contribution in [2.75, 3.05) is 0 Å². The molecule has 0 aliphatic heterocycles. The number of carbonyl (C=O) groups is 2. The molecule has 29 heavy (non-hydrogen) atoms. The van der Waals surface area contributed by atoms with E-state index < -0.39 is 11.6 Å². The van der Waals surface area contributed by atoms with E-state index >= 15 is 0 Å². The molecule has 1 aromatic carbocycles. The first-order chi connectivity index (χ1) is 13.9. The number of hydrogen-bond donors (Lipinski definition) is 1. The minimum Gasteiger partial charge on any atom is -0.467 e. The van der Waals surface area contributed by atoms with Crippen LogP contribution in [0.4, 0.5) is 0 Å². The van der Waals surface area contributed by atoms with E-state index in [-0.39, 0.29) is 24.1 Å². The quantitative estimate of drug-likeness (QED) is 0.608. The van der Waals surface area contributed by atoms with Crippen LogP contribution in [0.2, 0.25) is 0 Å². The zero-order valence-corrected chi connectivity index (χ0v) is 17.5. The summed E-state index contributed by atoms with van der Waals surface area (Å²) in [5, 5.41) is 8.52. The Morgan fingerprint density at radius 3 is 2.55 bits per heavy atom. The largest absolute Gasteiger partial charge is 0.467 e. The van der Waals surface area contributed by atoms with Crippen molar-refractivity contribution in [2.45, 2.75) is 45.3 Å². The van der Waals surface area contributed by atoms with Gasteiger partial charge < -0.3 is 14.6 Å². The Balaban J connectivity index is 2.02. The van der Waals surface area contributed by atoms with Gasteiger partial charge in [0, 0.05) is 17.5 Å². The molecule has 0 aliphatic carbocycles. The van der Waals surface area contributed by atoms with Crippen molar-refractivity contribution in [1.82, 2.24) is 19.8 Å². The number of benzene rings is 1. The van der Waals surface area contributed by atoms with Gasteiger partial charge in [-0.15, -0.1) is 5.10 Å². The fourth-order valence-corrected chi connectivity index (χ4v) is 3.26. The summed E-state index contributed by atoms with van der Waals surface area (Å²) in [7, 11) is 0. The van der Waals surface area contributed by atoms with Crippen molar-refractivity contribution in [3.8, 4) is 0 Å².